The molecule has 0 spiro atoms. The number of Topliss-reactive ketones (excluding diaryl/α,β-unsaturated/α-hetero) is 1. The normalized spacial score (nSPS) is 9.94. The van der Waals surface area contributed by atoms with Crippen LogP contribution in [0.5, 0.6) is 5.75 Å². The third-order valence-corrected chi connectivity index (χ3v) is 2.43. The average molecular weight is 211 g/mol. The summed E-state index contributed by atoms with van der Waals surface area (Å²) in [6, 6.07) is 12.3. The van der Waals surface area contributed by atoms with Crippen molar-refractivity contribution < 1.29 is 9.90 Å². The SMILES string of the molecule is N#CCC(=O)c1c(O)ccc2ccccc12. The summed E-state index contributed by atoms with van der Waals surface area (Å²) >= 11 is 0. The zero-order valence-electron chi connectivity index (χ0n) is 8.47. The molecule has 3 heteroatoms. The minimum absolute atomic E-state index is 0.0704. The molecule has 0 bridgehead atoms. The highest BCUT2D eigenvalue weighted by molar-refractivity contribution is 6.11. The summed E-state index contributed by atoms with van der Waals surface area (Å²) in [6.45, 7) is 0. The first-order valence-corrected chi connectivity index (χ1v) is 4.85. The number of phenols is 1. The molecule has 0 heterocycles. The minimum Gasteiger partial charge on any atom is -0.507 e. The van der Waals surface area contributed by atoms with E-state index in [4.69, 9.17) is 5.26 Å². The molecule has 2 aromatic rings. The Morgan fingerprint density at radius 2 is 2.00 bits per heavy atom. The second-order valence-electron chi connectivity index (χ2n) is 3.44. The van der Waals surface area contributed by atoms with Gasteiger partial charge in [-0.2, -0.15) is 5.26 Å². The van der Waals surface area contributed by atoms with Crippen LogP contribution >= 0.6 is 0 Å². The van der Waals surface area contributed by atoms with Crippen molar-refractivity contribution in [3.63, 3.8) is 0 Å². The van der Waals surface area contributed by atoms with E-state index in [1.807, 2.05) is 12.1 Å². The molecule has 0 saturated carbocycles. The fourth-order valence-electron chi connectivity index (χ4n) is 1.71. The van der Waals surface area contributed by atoms with Crippen molar-refractivity contribution in [3.05, 3.63) is 42.0 Å². The largest absolute Gasteiger partial charge is 0.507 e. The van der Waals surface area contributed by atoms with Gasteiger partial charge in [0.05, 0.1) is 18.1 Å². The molecule has 0 aliphatic carbocycles. The molecular formula is C13H9NO2. The van der Waals surface area contributed by atoms with E-state index < -0.39 is 0 Å². The van der Waals surface area contributed by atoms with Gasteiger partial charge in [-0.25, -0.2) is 0 Å². The fraction of sp³-hybridized carbons (Fsp3) is 0.0769. The number of nitrogens with zero attached hydrogens (tertiary/aromatic N) is 1. The second-order valence-corrected chi connectivity index (χ2v) is 3.44. The standard InChI is InChI=1S/C13H9NO2/c14-8-7-12(16)13-10-4-2-1-3-9(10)5-6-11(13)15/h1-6,15H,7H2. The van der Waals surface area contributed by atoms with Crippen LogP contribution in [0.4, 0.5) is 0 Å². The van der Waals surface area contributed by atoms with Crippen LogP contribution in [0.2, 0.25) is 0 Å². The highest BCUT2D eigenvalue weighted by Gasteiger charge is 2.14. The number of carbonyl (C=O) groups is 1. The molecule has 16 heavy (non-hydrogen) atoms. The van der Waals surface area contributed by atoms with Crippen molar-refractivity contribution >= 4 is 16.6 Å². The molecule has 78 valence electrons. The molecule has 0 aliphatic rings. The first-order chi connectivity index (χ1) is 7.74. The number of hydrogen-bond donors (Lipinski definition) is 1. The summed E-state index contributed by atoms with van der Waals surface area (Å²) < 4.78 is 0. The highest BCUT2D eigenvalue weighted by Crippen LogP contribution is 2.27. The Hall–Kier alpha value is -2.34. The van der Waals surface area contributed by atoms with Gasteiger partial charge in [-0.1, -0.05) is 30.3 Å². The van der Waals surface area contributed by atoms with Gasteiger partial charge in [-0.15, -0.1) is 0 Å². The molecule has 0 saturated heterocycles. The van der Waals surface area contributed by atoms with Crippen molar-refractivity contribution in [2.24, 2.45) is 0 Å². The van der Waals surface area contributed by atoms with Gasteiger partial charge in [-0.3, -0.25) is 4.79 Å². The Kier molecular flexibility index (Phi) is 2.57. The molecule has 2 aromatic carbocycles. The van der Waals surface area contributed by atoms with Gasteiger partial charge in [-0.05, 0) is 16.8 Å². The molecular weight excluding hydrogens is 202 g/mol. The molecule has 3 nitrogen and oxygen atoms in total. The molecule has 1 N–H and O–H groups in total. The summed E-state index contributed by atoms with van der Waals surface area (Å²) in [5.74, 6) is -0.421. The van der Waals surface area contributed by atoms with Crippen LogP contribution in [0.1, 0.15) is 16.8 Å². The summed E-state index contributed by atoms with van der Waals surface area (Å²) in [7, 11) is 0. The van der Waals surface area contributed by atoms with E-state index in [1.165, 1.54) is 6.07 Å². The van der Waals surface area contributed by atoms with Crippen LogP contribution in [0.3, 0.4) is 0 Å². The van der Waals surface area contributed by atoms with Crippen LogP contribution in [0.15, 0.2) is 36.4 Å². The number of hydrogen-bond acceptors (Lipinski definition) is 3. The number of nitriles is 1. The summed E-state index contributed by atoms with van der Waals surface area (Å²) in [6.07, 6.45) is -0.221. The predicted molar refractivity (Wildman–Crippen MR) is 60.2 cm³/mol. The number of benzene rings is 2. The first-order valence-electron chi connectivity index (χ1n) is 4.85. The van der Waals surface area contributed by atoms with E-state index in [9.17, 15) is 9.90 Å². The average Bonchev–Trinajstić information content (AvgIpc) is 2.29. The number of carbonyl (C=O) groups excluding carboxylic acids is 1. The third kappa shape index (κ3) is 1.61. The molecule has 0 aromatic heterocycles. The lowest BCUT2D eigenvalue weighted by atomic mass is 9.99. The Labute approximate surface area is 92.6 Å². The molecule has 0 amide bonds. The maximum atomic E-state index is 11.7. The van der Waals surface area contributed by atoms with E-state index in [1.54, 1.807) is 24.3 Å². The highest BCUT2D eigenvalue weighted by atomic mass is 16.3. The number of phenolic OH excluding ortho intramolecular Hbond substituents is 1. The number of rotatable bonds is 2. The Morgan fingerprint density at radius 3 is 2.75 bits per heavy atom. The molecule has 0 unspecified atom stereocenters. The predicted octanol–water partition coefficient (Wildman–Crippen LogP) is 2.64. The van der Waals surface area contributed by atoms with Crippen molar-refractivity contribution in [1.29, 1.82) is 5.26 Å². The molecule has 0 atom stereocenters. The lowest BCUT2D eigenvalue weighted by Gasteiger charge is -2.06. The first kappa shape index (κ1) is 10.2. The van der Waals surface area contributed by atoms with E-state index in [0.717, 1.165) is 5.39 Å². The van der Waals surface area contributed by atoms with Gasteiger partial charge >= 0.3 is 0 Å². The third-order valence-electron chi connectivity index (χ3n) is 2.43. The van der Waals surface area contributed by atoms with Crippen molar-refractivity contribution in [2.75, 3.05) is 0 Å². The van der Waals surface area contributed by atoms with Crippen molar-refractivity contribution in [2.45, 2.75) is 6.42 Å². The zero-order chi connectivity index (χ0) is 11.5. The van der Waals surface area contributed by atoms with E-state index in [2.05, 4.69) is 0 Å². The van der Waals surface area contributed by atoms with Gasteiger partial charge < -0.3 is 5.11 Å². The van der Waals surface area contributed by atoms with Crippen LogP contribution in [0, 0.1) is 11.3 Å². The van der Waals surface area contributed by atoms with Crippen LogP contribution in [-0.4, -0.2) is 10.9 Å². The number of ketones is 1. The maximum absolute atomic E-state index is 11.7. The molecule has 0 aliphatic heterocycles. The Morgan fingerprint density at radius 1 is 1.25 bits per heavy atom. The van der Waals surface area contributed by atoms with Gasteiger partial charge in [0, 0.05) is 0 Å². The number of fused-ring (bicyclic) bond motifs is 1. The van der Waals surface area contributed by atoms with Gasteiger partial charge in [0.15, 0.2) is 5.78 Å². The molecule has 0 radical (unpaired) electrons. The van der Waals surface area contributed by atoms with Crippen LogP contribution < -0.4 is 0 Å². The van der Waals surface area contributed by atoms with Gasteiger partial charge in [0.25, 0.3) is 0 Å². The summed E-state index contributed by atoms with van der Waals surface area (Å²) in [5, 5.41) is 19.7. The number of aromatic hydroxyl groups is 1. The fourth-order valence-corrected chi connectivity index (χ4v) is 1.71. The quantitative estimate of drug-likeness (QED) is 0.777. The van der Waals surface area contributed by atoms with Crippen molar-refractivity contribution in [1.82, 2.24) is 0 Å². The Balaban J connectivity index is 2.71. The topological polar surface area (TPSA) is 61.1 Å². The van der Waals surface area contributed by atoms with Gasteiger partial charge in [0.2, 0.25) is 0 Å². The van der Waals surface area contributed by atoms with Crippen LogP contribution in [0.25, 0.3) is 10.8 Å². The van der Waals surface area contributed by atoms with Crippen LogP contribution in [-0.2, 0) is 0 Å². The zero-order valence-corrected chi connectivity index (χ0v) is 8.47. The Bertz CT molecular complexity index is 596. The van der Waals surface area contributed by atoms with E-state index >= 15 is 0 Å². The van der Waals surface area contributed by atoms with Crippen molar-refractivity contribution in [3.8, 4) is 11.8 Å². The molecule has 2 rings (SSSR count). The summed E-state index contributed by atoms with van der Waals surface area (Å²) in [5.41, 5.74) is 0.236. The second kappa shape index (κ2) is 4.03. The van der Waals surface area contributed by atoms with Gasteiger partial charge in [0.1, 0.15) is 5.75 Å². The lowest BCUT2D eigenvalue weighted by molar-refractivity contribution is 0.0997. The maximum Gasteiger partial charge on any atom is 0.181 e. The lowest BCUT2D eigenvalue weighted by Crippen LogP contribution is -1.99. The van der Waals surface area contributed by atoms with E-state index in [-0.39, 0.29) is 23.5 Å². The summed E-state index contributed by atoms with van der Waals surface area (Å²) in [4.78, 5) is 11.7. The smallest absolute Gasteiger partial charge is 0.181 e. The van der Waals surface area contributed by atoms with E-state index in [0.29, 0.717) is 5.39 Å². The molecule has 0 fully saturated rings. The monoisotopic (exact) mass is 211 g/mol. The minimum atomic E-state index is -0.350.